The molecule has 0 radical (unpaired) electrons. The second-order valence-corrected chi connectivity index (χ2v) is 4.13. The minimum Gasteiger partial charge on any atom is -0.456 e. The lowest BCUT2D eigenvalue weighted by molar-refractivity contribution is -0.384. The van der Waals surface area contributed by atoms with Gasteiger partial charge in [0.2, 0.25) is 0 Å². The Labute approximate surface area is 120 Å². The first-order chi connectivity index (χ1) is 10.1. The maximum atomic E-state index is 12.1. The maximum absolute atomic E-state index is 12.1. The monoisotopic (exact) mass is 287 g/mol. The van der Waals surface area contributed by atoms with Crippen molar-refractivity contribution in [2.75, 3.05) is 12.4 Å². The zero-order chi connectivity index (χ0) is 15.2. The third-order valence-electron chi connectivity index (χ3n) is 2.78. The van der Waals surface area contributed by atoms with E-state index in [9.17, 15) is 14.9 Å². The number of anilines is 1. The molecule has 0 aliphatic rings. The molecule has 0 saturated carbocycles. The summed E-state index contributed by atoms with van der Waals surface area (Å²) in [5.41, 5.74) is 1.01. The van der Waals surface area contributed by atoms with Gasteiger partial charge in [0.25, 0.3) is 5.69 Å². The van der Waals surface area contributed by atoms with E-state index in [1.54, 1.807) is 31.4 Å². The molecule has 1 N–H and O–H groups in total. The zero-order valence-electron chi connectivity index (χ0n) is 11.3. The Hall–Kier alpha value is -2.96. The minimum absolute atomic E-state index is 0.00548. The minimum atomic E-state index is -0.645. The fraction of sp³-hybridized carbons (Fsp3) is 0.143. The van der Waals surface area contributed by atoms with Crippen LogP contribution in [0.4, 0.5) is 11.4 Å². The number of nitro benzene ring substituents is 1. The highest BCUT2D eigenvalue weighted by molar-refractivity contribution is 5.96. The number of carbonyl (C=O) groups excluding carboxylic acids is 1. The summed E-state index contributed by atoms with van der Waals surface area (Å²) < 4.78 is 5.13. The summed E-state index contributed by atoms with van der Waals surface area (Å²) in [7, 11) is 1.62. The Morgan fingerprint density at radius 1 is 1.38 bits per heavy atom. The van der Waals surface area contributed by atoms with Crippen LogP contribution < -0.4 is 5.32 Å². The zero-order valence-corrected chi connectivity index (χ0v) is 11.3. The second-order valence-electron chi connectivity index (χ2n) is 4.13. The number of nitro groups is 1. The molecule has 7 heteroatoms. The predicted octanol–water partition coefficient (Wildman–Crippen LogP) is 2.39. The lowest BCUT2D eigenvalue weighted by atomic mass is 10.1. The lowest BCUT2D eigenvalue weighted by Crippen LogP contribution is -2.09. The Balaban J connectivity index is 2.17. The van der Waals surface area contributed by atoms with E-state index < -0.39 is 10.9 Å². The molecule has 21 heavy (non-hydrogen) atoms. The fourth-order valence-corrected chi connectivity index (χ4v) is 1.73. The Bertz CT molecular complexity index is 659. The number of aromatic nitrogens is 1. The molecule has 0 aliphatic heterocycles. The van der Waals surface area contributed by atoms with Crippen LogP contribution in [-0.4, -0.2) is 22.9 Å². The molecule has 1 heterocycles. The summed E-state index contributed by atoms with van der Waals surface area (Å²) in [6, 6.07) is 9.23. The van der Waals surface area contributed by atoms with Gasteiger partial charge < -0.3 is 10.1 Å². The number of pyridine rings is 1. The van der Waals surface area contributed by atoms with E-state index in [2.05, 4.69) is 10.3 Å². The molecule has 1 aromatic carbocycles. The molecule has 0 unspecified atom stereocenters. The topological polar surface area (TPSA) is 94.4 Å². The fourth-order valence-electron chi connectivity index (χ4n) is 1.73. The standard InChI is InChI=1S/C14H13N3O4/c1-15-13-6-5-11(17(19)20)8-12(13)14(18)21-9-10-4-2-3-7-16-10/h2-8,15H,9H2,1H3. The summed E-state index contributed by atoms with van der Waals surface area (Å²) in [6.07, 6.45) is 1.59. The van der Waals surface area contributed by atoms with Gasteiger partial charge in [0.05, 0.1) is 16.2 Å². The number of benzene rings is 1. The van der Waals surface area contributed by atoms with Crippen molar-refractivity contribution >= 4 is 17.3 Å². The number of carbonyl (C=O) groups is 1. The normalized spacial score (nSPS) is 9.95. The van der Waals surface area contributed by atoms with Gasteiger partial charge in [-0.3, -0.25) is 15.1 Å². The SMILES string of the molecule is CNc1ccc([N+](=O)[O-])cc1C(=O)OCc1ccccn1. The van der Waals surface area contributed by atoms with Crippen LogP contribution in [-0.2, 0) is 11.3 Å². The quantitative estimate of drug-likeness (QED) is 0.515. The average Bonchev–Trinajstić information content (AvgIpc) is 2.52. The number of hydrogen-bond donors (Lipinski definition) is 1. The van der Waals surface area contributed by atoms with Crippen molar-refractivity contribution in [3.05, 3.63) is 64.0 Å². The van der Waals surface area contributed by atoms with Gasteiger partial charge in [-0.1, -0.05) is 6.07 Å². The molecule has 0 fully saturated rings. The van der Waals surface area contributed by atoms with Crippen LogP contribution in [0.15, 0.2) is 42.6 Å². The van der Waals surface area contributed by atoms with Gasteiger partial charge in [-0.25, -0.2) is 4.79 Å². The van der Waals surface area contributed by atoms with Gasteiger partial charge in [0.15, 0.2) is 0 Å². The summed E-state index contributed by atoms with van der Waals surface area (Å²) in [6.45, 7) is 0.00548. The molecule has 0 aliphatic carbocycles. The van der Waals surface area contributed by atoms with E-state index in [0.29, 0.717) is 11.4 Å². The van der Waals surface area contributed by atoms with Crippen molar-refractivity contribution in [3.63, 3.8) is 0 Å². The highest BCUT2D eigenvalue weighted by Gasteiger charge is 2.17. The summed E-state index contributed by atoms with van der Waals surface area (Å²) in [5.74, 6) is -0.645. The molecule has 0 saturated heterocycles. The second kappa shape index (κ2) is 6.47. The van der Waals surface area contributed by atoms with Crippen molar-refractivity contribution < 1.29 is 14.5 Å². The van der Waals surface area contributed by atoms with Crippen LogP contribution in [0, 0.1) is 10.1 Å². The number of rotatable bonds is 5. The van der Waals surface area contributed by atoms with Crippen LogP contribution in [0.25, 0.3) is 0 Å². The van der Waals surface area contributed by atoms with Crippen LogP contribution in [0.5, 0.6) is 0 Å². The van der Waals surface area contributed by atoms with Crippen molar-refractivity contribution in [1.82, 2.24) is 4.98 Å². The van der Waals surface area contributed by atoms with Crippen molar-refractivity contribution in [3.8, 4) is 0 Å². The van der Waals surface area contributed by atoms with Crippen LogP contribution >= 0.6 is 0 Å². The van der Waals surface area contributed by atoms with Crippen molar-refractivity contribution in [2.45, 2.75) is 6.61 Å². The summed E-state index contributed by atoms with van der Waals surface area (Å²) in [5, 5.41) is 13.6. The Morgan fingerprint density at radius 3 is 2.81 bits per heavy atom. The number of ether oxygens (including phenoxy) is 1. The largest absolute Gasteiger partial charge is 0.456 e. The predicted molar refractivity (Wildman–Crippen MR) is 76.0 cm³/mol. The molecule has 0 bridgehead atoms. The molecule has 0 amide bonds. The first kappa shape index (κ1) is 14.4. The van der Waals surface area contributed by atoms with Gasteiger partial charge in [0.1, 0.15) is 6.61 Å². The van der Waals surface area contributed by atoms with Crippen LogP contribution in [0.2, 0.25) is 0 Å². The Kier molecular flexibility index (Phi) is 4.45. The molecule has 108 valence electrons. The number of non-ortho nitro benzene ring substituents is 1. The molecule has 1 aromatic heterocycles. The molecule has 2 aromatic rings. The van der Waals surface area contributed by atoms with Gasteiger partial charge >= 0.3 is 5.97 Å². The molecular formula is C14H13N3O4. The van der Waals surface area contributed by atoms with Gasteiger partial charge in [-0.15, -0.1) is 0 Å². The Morgan fingerprint density at radius 2 is 2.19 bits per heavy atom. The van der Waals surface area contributed by atoms with E-state index >= 15 is 0 Å². The van der Waals surface area contributed by atoms with Crippen LogP contribution in [0.3, 0.4) is 0 Å². The van der Waals surface area contributed by atoms with Gasteiger partial charge in [-0.2, -0.15) is 0 Å². The molecule has 7 nitrogen and oxygen atoms in total. The maximum Gasteiger partial charge on any atom is 0.340 e. The van der Waals surface area contributed by atoms with Crippen molar-refractivity contribution in [1.29, 1.82) is 0 Å². The highest BCUT2D eigenvalue weighted by Crippen LogP contribution is 2.22. The van der Waals surface area contributed by atoms with Gasteiger partial charge in [0, 0.05) is 31.1 Å². The lowest BCUT2D eigenvalue weighted by Gasteiger charge is -2.09. The van der Waals surface area contributed by atoms with Crippen LogP contribution in [0.1, 0.15) is 16.1 Å². The van der Waals surface area contributed by atoms with Gasteiger partial charge in [-0.05, 0) is 18.2 Å². The van der Waals surface area contributed by atoms with E-state index in [1.165, 1.54) is 18.2 Å². The van der Waals surface area contributed by atoms with E-state index in [-0.39, 0.29) is 17.9 Å². The number of esters is 1. The summed E-state index contributed by atoms with van der Waals surface area (Å²) in [4.78, 5) is 26.3. The third kappa shape index (κ3) is 3.53. The highest BCUT2D eigenvalue weighted by atomic mass is 16.6. The molecule has 0 spiro atoms. The van der Waals surface area contributed by atoms with E-state index in [1.807, 2.05) is 0 Å². The van der Waals surface area contributed by atoms with E-state index in [0.717, 1.165) is 0 Å². The molecular weight excluding hydrogens is 274 g/mol. The molecule has 0 atom stereocenters. The number of nitrogens with zero attached hydrogens (tertiary/aromatic N) is 2. The molecule has 2 rings (SSSR count). The number of hydrogen-bond acceptors (Lipinski definition) is 6. The first-order valence-electron chi connectivity index (χ1n) is 6.15. The summed E-state index contributed by atoms with van der Waals surface area (Å²) >= 11 is 0. The third-order valence-corrected chi connectivity index (χ3v) is 2.78. The van der Waals surface area contributed by atoms with Crippen molar-refractivity contribution in [2.24, 2.45) is 0 Å². The first-order valence-corrected chi connectivity index (χ1v) is 6.15. The smallest absolute Gasteiger partial charge is 0.340 e. The van der Waals surface area contributed by atoms with E-state index in [4.69, 9.17) is 4.74 Å². The number of nitrogens with one attached hydrogen (secondary N) is 1. The average molecular weight is 287 g/mol.